The Morgan fingerprint density at radius 3 is 2.53 bits per heavy atom. The Balaban J connectivity index is 2.24. The summed E-state index contributed by atoms with van der Waals surface area (Å²) >= 11 is 0. The van der Waals surface area contributed by atoms with Crippen molar-refractivity contribution in [3.05, 3.63) is 35.9 Å². The van der Waals surface area contributed by atoms with Crippen molar-refractivity contribution < 1.29 is 19.7 Å². The quantitative estimate of drug-likeness (QED) is 0.435. The molecule has 0 saturated carbocycles. The van der Waals surface area contributed by atoms with Gasteiger partial charge in [-0.05, 0) is 12.0 Å². The number of hydrogen-bond acceptors (Lipinski definition) is 5. The van der Waals surface area contributed by atoms with Crippen LogP contribution in [0.3, 0.4) is 0 Å². The highest BCUT2D eigenvalue weighted by molar-refractivity contribution is 5.15. The highest BCUT2D eigenvalue weighted by Crippen LogP contribution is 2.05. The monoisotopic (exact) mass is 241 g/mol. The Hall–Kier alpha value is -0.980. The molecule has 4 N–H and O–H groups in total. The summed E-state index contributed by atoms with van der Waals surface area (Å²) in [5, 5.41) is 18.0. The van der Waals surface area contributed by atoms with Crippen molar-refractivity contribution in [3.63, 3.8) is 0 Å². The lowest BCUT2D eigenvalue weighted by Crippen LogP contribution is -2.39. The molecule has 0 aliphatic rings. The number of ether oxygens (including phenoxy) is 2. The van der Waals surface area contributed by atoms with Gasteiger partial charge in [0.05, 0.1) is 19.3 Å². The molecule has 0 radical (unpaired) electrons. The minimum absolute atomic E-state index is 0.199. The van der Waals surface area contributed by atoms with Crippen LogP contribution >= 0.6 is 0 Å². The fraction of sp³-hybridized carbons (Fsp3) is 0.500. The van der Waals surface area contributed by atoms with Crippen LogP contribution in [0.25, 0.3) is 0 Å². The van der Waals surface area contributed by atoms with Crippen molar-refractivity contribution in [1.29, 1.82) is 0 Å². The minimum Gasteiger partial charge on any atom is -0.371 e. The lowest BCUT2D eigenvalue weighted by molar-refractivity contribution is -0.132. The van der Waals surface area contributed by atoms with Crippen LogP contribution in [0, 0.1) is 0 Å². The third kappa shape index (κ3) is 5.76. The van der Waals surface area contributed by atoms with E-state index in [1.807, 2.05) is 30.3 Å². The number of benzene rings is 1. The predicted molar refractivity (Wildman–Crippen MR) is 63.1 cm³/mol. The van der Waals surface area contributed by atoms with E-state index in [1.54, 1.807) is 0 Å². The van der Waals surface area contributed by atoms with Crippen molar-refractivity contribution in [2.45, 2.75) is 18.8 Å². The van der Waals surface area contributed by atoms with Crippen LogP contribution in [-0.4, -0.2) is 42.6 Å². The van der Waals surface area contributed by atoms with Gasteiger partial charge in [0.15, 0.2) is 6.29 Å². The van der Waals surface area contributed by atoms with Crippen molar-refractivity contribution in [2.75, 3.05) is 20.0 Å². The molecule has 0 aliphatic carbocycles. The van der Waals surface area contributed by atoms with E-state index in [-0.39, 0.29) is 20.0 Å². The Labute approximate surface area is 101 Å². The van der Waals surface area contributed by atoms with Crippen molar-refractivity contribution in [1.82, 2.24) is 0 Å². The van der Waals surface area contributed by atoms with Crippen LogP contribution in [0.4, 0.5) is 0 Å². The average molecular weight is 241 g/mol. The zero-order chi connectivity index (χ0) is 12.5. The van der Waals surface area contributed by atoms with Gasteiger partial charge < -0.3 is 25.4 Å². The molecule has 0 amide bonds. The molecular formula is C12H19NO4. The highest BCUT2D eigenvalue weighted by atomic mass is 16.6. The van der Waals surface area contributed by atoms with Crippen molar-refractivity contribution >= 4 is 0 Å². The van der Waals surface area contributed by atoms with E-state index >= 15 is 0 Å². The molecule has 0 bridgehead atoms. The van der Waals surface area contributed by atoms with Gasteiger partial charge in [-0.15, -0.1) is 0 Å². The first-order valence-electron chi connectivity index (χ1n) is 5.52. The van der Waals surface area contributed by atoms with E-state index in [4.69, 9.17) is 15.6 Å². The van der Waals surface area contributed by atoms with Crippen LogP contribution in [-0.2, 0) is 15.9 Å². The van der Waals surface area contributed by atoms with E-state index in [9.17, 15) is 5.11 Å². The SMILES string of the molecule is N[C@@H](Cc1ccccc1)C(O)OCCOCO. The molecule has 0 heterocycles. The van der Waals surface area contributed by atoms with Gasteiger partial charge in [-0.2, -0.15) is 0 Å². The summed E-state index contributed by atoms with van der Waals surface area (Å²) in [6, 6.07) is 9.18. The zero-order valence-electron chi connectivity index (χ0n) is 9.66. The molecule has 5 heteroatoms. The fourth-order valence-corrected chi connectivity index (χ4v) is 1.40. The Morgan fingerprint density at radius 1 is 1.18 bits per heavy atom. The molecule has 17 heavy (non-hydrogen) atoms. The lowest BCUT2D eigenvalue weighted by Gasteiger charge is -2.19. The molecular weight excluding hydrogens is 222 g/mol. The minimum atomic E-state index is -1.03. The Bertz CT molecular complexity index is 294. The standard InChI is InChI=1S/C12H19NO4/c13-11(8-10-4-2-1-3-5-10)12(15)17-7-6-16-9-14/h1-5,11-12,14-15H,6-9,13H2/t11-,12?/m0/s1. The van der Waals surface area contributed by atoms with Gasteiger partial charge in [0.25, 0.3) is 0 Å². The van der Waals surface area contributed by atoms with Gasteiger partial charge in [0.1, 0.15) is 6.79 Å². The maximum Gasteiger partial charge on any atom is 0.170 e. The summed E-state index contributed by atoms with van der Waals surface area (Å²) in [6.45, 7) is 0.0748. The second-order valence-corrected chi connectivity index (χ2v) is 3.65. The number of rotatable bonds is 8. The third-order valence-electron chi connectivity index (χ3n) is 2.29. The van der Waals surface area contributed by atoms with Crippen LogP contribution in [0.1, 0.15) is 5.56 Å². The smallest absolute Gasteiger partial charge is 0.170 e. The van der Waals surface area contributed by atoms with Gasteiger partial charge in [-0.25, -0.2) is 0 Å². The van der Waals surface area contributed by atoms with Crippen LogP contribution in [0.5, 0.6) is 0 Å². The lowest BCUT2D eigenvalue weighted by atomic mass is 10.1. The van der Waals surface area contributed by atoms with Crippen molar-refractivity contribution in [3.8, 4) is 0 Å². The second kappa shape index (κ2) is 8.16. The molecule has 0 spiro atoms. The average Bonchev–Trinajstić information content (AvgIpc) is 2.35. The van der Waals surface area contributed by atoms with Gasteiger partial charge in [-0.3, -0.25) is 0 Å². The predicted octanol–water partition coefficient (Wildman–Crippen LogP) is -0.142. The Morgan fingerprint density at radius 2 is 1.88 bits per heavy atom. The summed E-state index contributed by atoms with van der Waals surface area (Å²) in [6.07, 6.45) is -0.486. The van der Waals surface area contributed by atoms with E-state index in [0.717, 1.165) is 5.56 Å². The second-order valence-electron chi connectivity index (χ2n) is 3.65. The summed E-state index contributed by atoms with van der Waals surface area (Å²) in [5.74, 6) is 0. The largest absolute Gasteiger partial charge is 0.371 e. The van der Waals surface area contributed by atoms with Crippen LogP contribution < -0.4 is 5.73 Å². The first-order chi connectivity index (χ1) is 8.24. The van der Waals surface area contributed by atoms with Crippen LogP contribution in [0.15, 0.2) is 30.3 Å². The molecule has 1 rings (SSSR count). The molecule has 2 atom stereocenters. The number of aliphatic hydroxyl groups is 2. The van der Waals surface area contributed by atoms with Gasteiger partial charge in [0.2, 0.25) is 0 Å². The van der Waals surface area contributed by atoms with Gasteiger partial charge >= 0.3 is 0 Å². The molecule has 1 unspecified atom stereocenters. The fourth-order valence-electron chi connectivity index (χ4n) is 1.40. The maximum absolute atomic E-state index is 9.61. The molecule has 0 aromatic heterocycles. The molecule has 1 aromatic carbocycles. The molecule has 96 valence electrons. The van der Waals surface area contributed by atoms with E-state index < -0.39 is 12.3 Å². The zero-order valence-corrected chi connectivity index (χ0v) is 9.66. The summed E-state index contributed by atoms with van der Waals surface area (Å²) in [4.78, 5) is 0. The molecule has 0 fully saturated rings. The normalized spacial score (nSPS) is 14.5. The topological polar surface area (TPSA) is 84.9 Å². The maximum atomic E-state index is 9.61. The molecule has 0 aliphatic heterocycles. The first kappa shape index (κ1) is 14.1. The summed E-state index contributed by atoms with van der Waals surface area (Å²) in [5.41, 5.74) is 6.85. The van der Waals surface area contributed by atoms with Crippen molar-refractivity contribution in [2.24, 2.45) is 5.73 Å². The molecule has 5 nitrogen and oxygen atoms in total. The number of nitrogens with two attached hydrogens (primary N) is 1. The number of aliphatic hydroxyl groups excluding tert-OH is 2. The van der Waals surface area contributed by atoms with Crippen LogP contribution in [0.2, 0.25) is 0 Å². The highest BCUT2D eigenvalue weighted by Gasteiger charge is 2.15. The van der Waals surface area contributed by atoms with E-state index in [2.05, 4.69) is 4.74 Å². The molecule has 1 aromatic rings. The third-order valence-corrected chi connectivity index (χ3v) is 2.29. The molecule has 0 saturated heterocycles. The summed E-state index contributed by atoms with van der Waals surface area (Å²) < 4.78 is 9.73. The Kier molecular flexibility index (Phi) is 6.76. The summed E-state index contributed by atoms with van der Waals surface area (Å²) in [7, 11) is 0. The van der Waals surface area contributed by atoms with Gasteiger partial charge in [-0.1, -0.05) is 30.3 Å². The van der Waals surface area contributed by atoms with Gasteiger partial charge in [0, 0.05) is 0 Å². The first-order valence-corrected chi connectivity index (χ1v) is 5.52. The van der Waals surface area contributed by atoms with E-state index in [1.165, 1.54) is 0 Å². The van der Waals surface area contributed by atoms with E-state index in [0.29, 0.717) is 6.42 Å². The number of hydrogen-bond donors (Lipinski definition) is 3.